The highest BCUT2D eigenvalue weighted by Crippen LogP contribution is 2.29. The van der Waals surface area contributed by atoms with E-state index in [2.05, 4.69) is 27.1 Å². The summed E-state index contributed by atoms with van der Waals surface area (Å²) in [6.07, 6.45) is 0.709. The maximum Gasteiger partial charge on any atom is 0.268 e. The minimum Gasteiger partial charge on any atom is -0.361 e. The number of H-pyrrole nitrogens is 1. The molecule has 0 aliphatic carbocycles. The number of nitrogens with one attached hydrogen (secondary N) is 2. The Balaban J connectivity index is 0.00000176. The van der Waals surface area contributed by atoms with Crippen molar-refractivity contribution in [1.29, 1.82) is 0 Å². The van der Waals surface area contributed by atoms with Crippen LogP contribution in [-0.4, -0.2) is 42.7 Å². The van der Waals surface area contributed by atoms with Crippen LogP contribution in [0.5, 0.6) is 0 Å². The van der Waals surface area contributed by atoms with Crippen LogP contribution in [0.1, 0.15) is 12.7 Å². The summed E-state index contributed by atoms with van der Waals surface area (Å²) in [6.45, 7) is 6.57. The lowest BCUT2D eigenvalue weighted by Crippen LogP contribution is -2.43. The summed E-state index contributed by atoms with van der Waals surface area (Å²) in [7, 11) is 0. The second kappa shape index (κ2) is 7.41. The fourth-order valence-corrected chi connectivity index (χ4v) is 3.57. The largest absolute Gasteiger partial charge is 0.361 e. The van der Waals surface area contributed by atoms with E-state index < -0.39 is 0 Å². The molecule has 0 bridgehead atoms. The van der Waals surface area contributed by atoms with Gasteiger partial charge < -0.3 is 20.9 Å². The number of hydrogen-bond donors (Lipinski definition) is 3. The normalized spacial score (nSPS) is 16.5. The van der Waals surface area contributed by atoms with Crippen molar-refractivity contribution in [3.8, 4) is 0 Å². The van der Waals surface area contributed by atoms with E-state index in [1.807, 2.05) is 6.07 Å². The van der Waals surface area contributed by atoms with Gasteiger partial charge in [0, 0.05) is 32.6 Å². The van der Waals surface area contributed by atoms with E-state index in [1.165, 1.54) is 11.3 Å². The molecule has 4 N–H and O–H groups in total. The van der Waals surface area contributed by atoms with Crippen LogP contribution < -0.4 is 21.5 Å². The molecule has 3 rings (SSSR count). The van der Waals surface area contributed by atoms with Crippen LogP contribution in [0.2, 0.25) is 0 Å². The minimum atomic E-state index is -0.0365. The molecule has 1 saturated heterocycles. The van der Waals surface area contributed by atoms with Gasteiger partial charge in [-0.05, 0) is 18.5 Å². The number of nitrogens with two attached hydrogens (primary N) is 1. The number of rotatable bonds is 4. The number of thiophene rings is 1. The lowest BCUT2D eigenvalue weighted by molar-refractivity contribution is 0.574. The van der Waals surface area contributed by atoms with Crippen LogP contribution in [0, 0.1) is 5.92 Å². The van der Waals surface area contributed by atoms with Gasteiger partial charge in [0.1, 0.15) is 10.5 Å². The summed E-state index contributed by atoms with van der Waals surface area (Å²) < 4.78 is 0.715. The smallest absolute Gasteiger partial charge is 0.268 e. The van der Waals surface area contributed by atoms with Gasteiger partial charge in [-0.1, -0.05) is 6.92 Å². The number of fused-ring (bicyclic) bond motifs is 1. The van der Waals surface area contributed by atoms with Gasteiger partial charge in [-0.3, -0.25) is 4.79 Å². The molecule has 2 aromatic rings. The topological polar surface area (TPSA) is 87.0 Å². The van der Waals surface area contributed by atoms with E-state index in [0.717, 1.165) is 42.5 Å². The van der Waals surface area contributed by atoms with Gasteiger partial charge >= 0.3 is 0 Å². The third-order valence-corrected chi connectivity index (χ3v) is 4.98. The first kappa shape index (κ1) is 17.2. The molecule has 0 amide bonds. The summed E-state index contributed by atoms with van der Waals surface area (Å²) >= 11 is 1.53. The van der Waals surface area contributed by atoms with E-state index in [4.69, 9.17) is 5.73 Å². The number of aromatic amines is 1. The fourth-order valence-electron chi connectivity index (χ4n) is 2.53. The zero-order valence-corrected chi connectivity index (χ0v) is 14.2. The zero-order valence-electron chi connectivity index (χ0n) is 12.6. The third-order valence-electron chi connectivity index (χ3n) is 3.79. The van der Waals surface area contributed by atoms with Crippen molar-refractivity contribution in [3.63, 3.8) is 0 Å². The molecule has 3 heterocycles. The van der Waals surface area contributed by atoms with Crippen molar-refractivity contribution in [3.05, 3.63) is 22.2 Å². The van der Waals surface area contributed by atoms with Gasteiger partial charge in [-0.2, -0.15) is 0 Å². The van der Waals surface area contributed by atoms with Gasteiger partial charge in [0.05, 0.1) is 10.5 Å². The SMILES string of the molecule is C[C@@H](CN)Cc1nc2cc(N3CCNCC3)sc2c(=O)[nH]1.Cl. The lowest BCUT2D eigenvalue weighted by Gasteiger charge is -2.27. The van der Waals surface area contributed by atoms with E-state index in [0.29, 0.717) is 23.6 Å². The second-order valence-corrected chi connectivity index (χ2v) is 6.62. The number of hydrogen-bond acceptors (Lipinski definition) is 6. The van der Waals surface area contributed by atoms with E-state index in [1.54, 1.807) is 0 Å². The summed E-state index contributed by atoms with van der Waals surface area (Å²) in [5, 5.41) is 4.47. The van der Waals surface area contributed by atoms with Gasteiger partial charge in [0.25, 0.3) is 5.56 Å². The third kappa shape index (κ3) is 3.60. The van der Waals surface area contributed by atoms with Crippen molar-refractivity contribution in [2.75, 3.05) is 37.6 Å². The van der Waals surface area contributed by atoms with E-state index in [9.17, 15) is 4.79 Å². The zero-order chi connectivity index (χ0) is 14.8. The predicted octanol–water partition coefficient (Wildman–Crippen LogP) is 0.953. The number of aromatic nitrogens is 2. The Morgan fingerprint density at radius 3 is 2.86 bits per heavy atom. The van der Waals surface area contributed by atoms with Gasteiger partial charge in [0.2, 0.25) is 0 Å². The van der Waals surface area contributed by atoms with Crippen molar-refractivity contribution < 1.29 is 0 Å². The van der Waals surface area contributed by atoms with Crippen molar-refractivity contribution in [1.82, 2.24) is 15.3 Å². The molecule has 0 radical (unpaired) electrons. The molecule has 0 unspecified atom stereocenters. The Hall–Kier alpha value is -1.15. The molecule has 0 saturated carbocycles. The van der Waals surface area contributed by atoms with Crippen molar-refractivity contribution in [2.24, 2.45) is 11.7 Å². The number of halogens is 1. The second-order valence-electron chi connectivity index (χ2n) is 5.59. The van der Waals surface area contributed by atoms with Crippen LogP contribution in [0.3, 0.4) is 0 Å². The summed E-state index contributed by atoms with van der Waals surface area (Å²) in [4.78, 5) is 22.0. The highest BCUT2D eigenvalue weighted by molar-refractivity contribution is 7.22. The first-order valence-electron chi connectivity index (χ1n) is 7.36. The number of piperazine rings is 1. The molecule has 22 heavy (non-hydrogen) atoms. The van der Waals surface area contributed by atoms with Crippen molar-refractivity contribution in [2.45, 2.75) is 13.3 Å². The molecule has 122 valence electrons. The Kier molecular flexibility index (Phi) is 5.80. The molecular weight excluding hydrogens is 322 g/mol. The van der Waals surface area contributed by atoms with Crippen LogP contribution >= 0.6 is 23.7 Å². The summed E-state index contributed by atoms with van der Waals surface area (Å²) in [5.74, 6) is 1.05. The van der Waals surface area contributed by atoms with Gasteiger partial charge in [0.15, 0.2) is 0 Å². The highest BCUT2D eigenvalue weighted by Gasteiger charge is 2.16. The van der Waals surface area contributed by atoms with Gasteiger partial charge in [-0.25, -0.2) is 4.98 Å². The molecule has 1 atom stereocenters. The van der Waals surface area contributed by atoms with Crippen LogP contribution in [0.25, 0.3) is 10.2 Å². The maximum atomic E-state index is 12.2. The van der Waals surface area contributed by atoms with Crippen LogP contribution in [0.15, 0.2) is 10.9 Å². The van der Waals surface area contributed by atoms with E-state index >= 15 is 0 Å². The van der Waals surface area contributed by atoms with Crippen LogP contribution in [0.4, 0.5) is 5.00 Å². The minimum absolute atomic E-state index is 0. The van der Waals surface area contributed by atoms with E-state index in [-0.39, 0.29) is 18.0 Å². The highest BCUT2D eigenvalue weighted by atomic mass is 35.5. The molecule has 8 heteroatoms. The summed E-state index contributed by atoms with van der Waals surface area (Å²) in [5.41, 5.74) is 6.41. The Bertz CT molecular complexity index is 679. The molecule has 2 aromatic heterocycles. The quantitative estimate of drug-likeness (QED) is 0.769. The Morgan fingerprint density at radius 1 is 1.45 bits per heavy atom. The average Bonchev–Trinajstić information content (AvgIpc) is 2.92. The first-order chi connectivity index (χ1) is 10.2. The molecule has 1 fully saturated rings. The van der Waals surface area contributed by atoms with Crippen LogP contribution in [-0.2, 0) is 6.42 Å². The molecule has 0 aromatic carbocycles. The standard InChI is InChI=1S/C14H21N5OS.ClH/c1-9(8-15)6-11-17-10-7-12(19-4-2-16-3-5-19)21-13(10)14(20)18-11;/h7,9,16H,2-6,8,15H2,1H3,(H,17,18,20);1H/t9-;/m1./s1. The molecule has 0 spiro atoms. The Labute approximate surface area is 139 Å². The fraction of sp³-hybridized carbons (Fsp3) is 0.571. The average molecular weight is 344 g/mol. The molecular formula is C14H22ClN5OS. The lowest BCUT2D eigenvalue weighted by atomic mass is 10.1. The van der Waals surface area contributed by atoms with Crippen molar-refractivity contribution >= 4 is 39.0 Å². The molecule has 1 aliphatic rings. The predicted molar refractivity (Wildman–Crippen MR) is 94.5 cm³/mol. The number of nitrogens with zero attached hydrogens (tertiary/aromatic N) is 2. The number of anilines is 1. The monoisotopic (exact) mass is 343 g/mol. The molecule has 6 nitrogen and oxygen atoms in total. The Morgan fingerprint density at radius 2 is 2.18 bits per heavy atom. The van der Waals surface area contributed by atoms with Gasteiger partial charge in [-0.15, -0.1) is 23.7 Å². The maximum absolute atomic E-state index is 12.2. The molecule has 1 aliphatic heterocycles. The first-order valence-corrected chi connectivity index (χ1v) is 8.17. The summed E-state index contributed by atoms with van der Waals surface area (Å²) in [6, 6.07) is 2.04.